The van der Waals surface area contributed by atoms with Crippen LogP contribution in [0.15, 0.2) is 42.9 Å². The first-order valence-corrected chi connectivity index (χ1v) is 11.6. The van der Waals surface area contributed by atoms with E-state index in [9.17, 15) is 9.18 Å². The van der Waals surface area contributed by atoms with Crippen LogP contribution in [0.3, 0.4) is 0 Å². The maximum absolute atomic E-state index is 14.6. The van der Waals surface area contributed by atoms with E-state index in [0.717, 1.165) is 49.1 Å². The highest BCUT2D eigenvalue weighted by Crippen LogP contribution is 2.35. The standard InChI is InChI=1S/C26H30FN5O/c1-4-20-21-13-18(17-7-10-31(11-8-17)24(33)16-30(2)3)5-6-23(21)29-25(20)19-14-22(27)26-28-9-12-32(26)15-19/h5-6,9,12-15,17,29H,4,7-8,10-11,16H2,1-3H3. The van der Waals surface area contributed by atoms with Crippen LogP contribution in [-0.2, 0) is 11.2 Å². The third kappa shape index (κ3) is 4.02. The molecule has 1 amide bonds. The predicted molar refractivity (Wildman–Crippen MR) is 129 cm³/mol. The van der Waals surface area contributed by atoms with Crippen LogP contribution in [0.2, 0.25) is 0 Å². The molecule has 6 nitrogen and oxygen atoms in total. The zero-order valence-electron chi connectivity index (χ0n) is 19.4. The Morgan fingerprint density at radius 3 is 2.76 bits per heavy atom. The first-order chi connectivity index (χ1) is 15.9. The summed E-state index contributed by atoms with van der Waals surface area (Å²) in [5, 5.41) is 1.20. The Kier molecular flexibility index (Phi) is 5.66. The molecule has 0 spiro atoms. The number of benzene rings is 1. The first kappa shape index (κ1) is 21.6. The number of carbonyl (C=O) groups excluding carboxylic acids is 1. The molecule has 1 aliphatic heterocycles. The van der Waals surface area contributed by atoms with Crippen molar-refractivity contribution in [3.05, 3.63) is 59.8 Å². The van der Waals surface area contributed by atoms with E-state index in [1.165, 1.54) is 16.5 Å². The molecule has 4 heterocycles. The fourth-order valence-corrected chi connectivity index (χ4v) is 5.09. The van der Waals surface area contributed by atoms with Gasteiger partial charge in [-0.3, -0.25) is 4.79 Å². The van der Waals surface area contributed by atoms with Gasteiger partial charge in [-0.25, -0.2) is 9.37 Å². The van der Waals surface area contributed by atoms with Gasteiger partial charge in [-0.15, -0.1) is 0 Å². The number of carbonyl (C=O) groups is 1. The molecular formula is C26H30FN5O. The lowest BCUT2D eigenvalue weighted by molar-refractivity contribution is -0.132. The van der Waals surface area contributed by atoms with E-state index >= 15 is 0 Å². The number of hydrogen-bond acceptors (Lipinski definition) is 3. The Hall–Kier alpha value is -3.19. The van der Waals surface area contributed by atoms with Gasteiger partial charge in [-0.05, 0) is 68.6 Å². The number of H-pyrrole nitrogens is 1. The van der Waals surface area contributed by atoms with Crippen molar-refractivity contribution in [3.8, 4) is 11.3 Å². The van der Waals surface area contributed by atoms with Crippen LogP contribution in [0.5, 0.6) is 0 Å². The molecule has 1 N–H and O–H groups in total. The summed E-state index contributed by atoms with van der Waals surface area (Å²) in [4.78, 5) is 23.9. The fraction of sp³-hybridized carbons (Fsp3) is 0.385. The number of rotatable bonds is 5. The van der Waals surface area contributed by atoms with Gasteiger partial charge in [0.05, 0.1) is 12.2 Å². The van der Waals surface area contributed by atoms with Gasteiger partial charge in [-0.1, -0.05) is 13.0 Å². The highest BCUT2D eigenvalue weighted by Gasteiger charge is 2.25. The van der Waals surface area contributed by atoms with Gasteiger partial charge in [0, 0.05) is 48.1 Å². The Labute approximate surface area is 193 Å². The molecule has 3 aromatic heterocycles. The van der Waals surface area contributed by atoms with E-state index in [4.69, 9.17) is 0 Å². The van der Waals surface area contributed by atoms with Gasteiger partial charge in [0.1, 0.15) is 0 Å². The number of aromatic amines is 1. The van der Waals surface area contributed by atoms with Crippen molar-refractivity contribution < 1.29 is 9.18 Å². The summed E-state index contributed by atoms with van der Waals surface area (Å²) in [5.74, 6) is 0.328. The van der Waals surface area contributed by atoms with Crippen molar-refractivity contribution in [3.63, 3.8) is 0 Å². The van der Waals surface area contributed by atoms with E-state index in [0.29, 0.717) is 18.1 Å². The lowest BCUT2D eigenvalue weighted by Gasteiger charge is -2.33. The number of halogens is 1. The van der Waals surface area contributed by atoms with E-state index in [1.807, 2.05) is 30.1 Å². The summed E-state index contributed by atoms with van der Waals surface area (Å²) in [7, 11) is 3.86. The first-order valence-electron chi connectivity index (χ1n) is 11.6. The second-order valence-electron chi connectivity index (χ2n) is 9.26. The number of aryl methyl sites for hydroxylation is 1. The molecular weight excluding hydrogens is 417 g/mol. The van der Waals surface area contributed by atoms with Gasteiger partial charge in [0.2, 0.25) is 5.91 Å². The highest BCUT2D eigenvalue weighted by molar-refractivity contribution is 5.91. The van der Waals surface area contributed by atoms with Crippen molar-refractivity contribution in [2.24, 2.45) is 0 Å². The molecule has 0 saturated carbocycles. The lowest BCUT2D eigenvalue weighted by Crippen LogP contribution is -2.42. The molecule has 7 heteroatoms. The number of imidazole rings is 1. The molecule has 0 radical (unpaired) electrons. The summed E-state index contributed by atoms with van der Waals surface area (Å²) in [6.45, 7) is 4.21. The summed E-state index contributed by atoms with van der Waals surface area (Å²) in [6, 6.07) is 8.20. The number of hydrogen-bond donors (Lipinski definition) is 1. The molecule has 1 aliphatic rings. The predicted octanol–water partition coefficient (Wildman–Crippen LogP) is 4.45. The maximum atomic E-state index is 14.6. The molecule has 0 bridgehead atoms. The molecule has 0 unspecified atom stereocenters. The smallest absolute Gasteiger partial charge is 0.236 e. The summed E-state index contributed by atoms with van der Waals surface area (Å²) in [5.41, 5.74) is 5.70. The minimum Gasteiger partial charge on any atom is -0.354 e. The number of likely N-dealkylation sites (tertiary alicyclic amines) is 1. The van der Waals surface area contributed by atoms with Gasteiger partial charge in [-0.2, -0.15) is 0 Å². The molecule has 1 fully saturated rings. The summed E-state index contributed by atoms with van der Waals surface area (Å²) < 4.78 is 16.3. The number of piperidine rings is 1. The number of nitrogens with zero attached hydrogens (tertiary/aromatic N) is 4. The normalized spacial score (nSPS) is 15.2. The average Bonchev–Trinajstić information content (AvgIpc) is 3.42. The van der Waals surface area contributed by atoms with Crippen LogP contribution >= 0.6 is 0 Å². The molecule has 0 aliphatic carbocycles. The topological polar surface area (TPSA) is 56.6 Å². The van der Waals surface area contributed by atoms with E-state index in [-0.39, 0.29) is 11.7 Å². The van der Waals surface area contributed by atoms with Crippen LogP contribution in [0, 0.1) is 5.82 Å². The number of likely N-dealkylation sites (N-methyl/N-ethyl adjacent to an activating group) is 1. The Morgan fingerprint density at radius 2 is 2.03 bits per heavy atom. The van der Waals surface area contributed by atoms with E-state index < -0.39 is 0 Å². The minimum absolute atomic E-state index is 0.208. The number of amides is 1. The van der Waals surface area contributed by atoms with Crippen molar-refractivity contribution in [2.75, 3.05) is 33.7 Å². The lowest BCUT2D eigenvalue weighted by atomic mass is 9.88. The van der Waals surface area contributed by atoms with Crippen LogP contribution in [0.25, 0.3) is 27.8 Å². The number of pyridine rings is 1. The van der Waals surface area contributed by atoms with Gasteiger partial charge in [0.15, 0.2) is 11.5 Å². The van der Waals surface area contributed by atoms with Gasteiger partial charge >= 0.3 is 0 Å². The largest absolute Gasteiger partial charge is 0.354 e. The molecule has 5 rings (SSSR count). The zero-order valence-corrected chi connectivity index (χ0v) is 19.4. The third-order valence-electron chi connectivity index (χ3n) is 6.79. The molecule has 1 saturated heterocycles. The zero-order chi connectivity index (χ0) is 23.1. The van der Waals surface area contributed by atoms with Gasteiger partial charge in [0.25, 0.3) is 0 Å². The second kappa shape index (κ2) is 8.63. The number of aromatic nitrogens is 3. The molecule has 33 heavy (non-hydrogen) atoms. The van der Waals surface area contributed by atoms with E-state index in [2.05, 4.69) is 35.1 Å². The Balaban J connectivity index is 1.43. The Bertz CT molecular complexity index is 1310. The van der Waals surface area contributed by atoms with Crippen molar-refractivity contribution in [2.45, 2.75) is 32.1 Å². The fourth-order valence-electron chi connectivity index (χ4n) is 5.09. The monoisotopic (exact) mass is 447 g/mol. The summed E-state index contributed by atoms with van der Waals surface area (Å²) in [6.07, 6.45) is 8.11. The van der Waals surface area contributed by atoms with Crippen LogP contribution in [0.1, 0.15) is 36.8 Å². The second-order valence-corrected chi connectivity index (χ2v) is 9.26. The molecule has 172 valence electrons. The number of nitrogens with one attached hydrogen (secondary N) is 1. The van der Waals surface area contributed by atoms with Crippen molar-refractivity contribution >= 4 is 22.5 Å². The minimum atomic E-state index is -0.325. The van der Waals surface area contributed by atoms with Crippen LogP contribution in [0.4, 0.5) is 4.39 Å². The SMILES string of the molecule is CCc1c(-c2cc(F)c3nccn3c2)[nH]c2ccc(C3CCN(C(=O)CN(C)C)CC3)cc12. The van der Waals surface area contributed by atoms with Crippen LogP contribution < -0.4 is 0 Å². The molecule has 1 aromatic carbocycles. The Morgan fingerprint density at radius 1 is 1.24 bits per heavy atom. The average molecular weight is 448 g/mol. The van der Waals surface area contributed by atoms with Crippen LogP contribution in [-0.4, -0.2) is 63.8 Å². The summed E-state index contributed by atoms with van der Waals surface area (Å²) >= 11 is 0. The van der Waals surface area contributed by atoms with E-state index in [1.54, 1.807) is 22.9 Å². The molecule has 0 atom stereocenters. The van der Waals surface area contributed by atoms with Crippen molar-refractivity contribution in [1.29, 1.82) is 0 Å². The third-order valence-corrected chi connectivity index (χ3v) is 6.79. The number of fused-ring (bicyclic) bond motifs is 2. The molecule has 4 aromatic rings. The quantitative estimate of drug-likeness (QED) is 0.492. The van der Waals surface area contributed by atoms with Crippen molar-refractivity contribution in [1.82, 2.24) is 24.2 Å². The highest BCUT2D eigenvalue weighted by atomic mass is 19.1. The maximum Gasteiger partial charge on any atom is 0.236 e. The van der Waals surface area contributed by atoms with Gasteiger partial charge < -0.3 is 19.2 Å².